The molecule has 0 saturated carbocycles. The highest BCUT2D eigenvalue weighted by Gasteiger charge is 2.23. The third-order valence-corrected chi connectivity index (χ3v) is 5.16. The Hall–Kier alpha value is -2.93. The minimum atomic E-state index is -0.235. The van der Waals surface area contributed by atoms with Gasteiger partial charge in [-0.05, 0) is 44.0 Å². The molecule has 2 N–H and O–H groups in total. The van der Waals surface area contributed by atoms with Crippen LogP contribution in [0.25, 0.3) is 5.65 Å². The van der Waals surface area contributed by atoms with Crippen LogP contribution in [-0.4, -0.2) is 44.7 Å². The standard InChI is InChI=1S/C21H26N6O/c1-16(20-25-24-19-11-5-6-13-27(19)20)22-21(28)23-18-10-7-12-26(15-18)14-17-8-3-2-4-9-17/h2-6,8-9,11,13,16,18H,7,10,12,14-15H2,1H3,(H2,22,23,28). The Labute approximate surface area is 164 Å². The lowest BCUT2D eigenvalue weighted by Crippen LogP contribution is -2.50. The van der Waals surface area contributed by atoms with Crippen LogP contribution in [0.2, 0.25) is 0 Å². The summed E-state index contributed by atoms with van der Waals surface area (Å²) in [6, 6.07) is 16.0. The average molecular weight is 378 g/mol. The van der Waals surface area contributed by atoms with Gasteiger partial charge in [-0.15, -0.1) is 10.2 Å². The zero-order valence-corrected chi connectivity index (χ0v) is 16.1. The van der Waals surface area contributed by atoms with Gasteiger partial charge < -0.3 is 10.6 Å². The fourth-order valence-electron chi connectivity index (χ4n) is 3.80. The molecule has 28 heavy (non-hydrogen) atoms. The van der Waals surface area contributed by atoms with Crippen molar-refractivity contribution in [3.63, 3.8) is 0 Å². The molecule has 1 aliphatic rings. The van der Waals surface area contributed by atoms with Gasteiger partial charge in [0.15, 0.2) is 11.5 Å². The number of carbonyl (C=O) groups excluding carboxylic acids is 1. The first kappa shape index (κ1) is 18.4. The Morgan fingerprint density at radius 1 is 1.18 bits per heavy atom. The van der Waals surface area contributed by atoms with Crippen LogP contribution in [0.4, 0.5) is 4.79 Å². The number of amides is 2. The maximum Gasteiger partial charge on any atom is 0.315 e. The second-order valence-electron chi connectivity index (χ2n) is 7.39. The van der Waals surface area contributed by atoms with Gasteiger partial charge in [0.05, 0.1) is 6.04 Å². The highest BCUT2D eigenvalue weighted by molar-refractivity contribution is 5.74. The zero-order chi connectivity index (χ0) is 19.3. The zero-order valence-electron chi connectivity index (χ0n) is 16.1. The van der Waals surface area contributed by atoms with Crippen molar-refractivity contribution in [1.29, 1.82) is 0 Å². The van der Waals surface area contributed by atoms with Crippen molar-refractivity contribution in [2.75, 3.05) is 13.1 Å². The third kappa shape index (κ3) is 4.31. The van der Waals surface area contributed by atoms with Crippen molar-refractivity contribution < 1.29 is 4.79 Å². The number of urea groups is 1. The number of nitrogens with zero attached hydrogens (tertiary/aromatic N) is 4. The minimum Gasteiger partial charge on any atom is -0.334 e. The number of benzene rings is 1. The van der Waals surface area contributed by atoms with Crippen LogP contribution < -0.4 is 10.6 Å². The Bertz CT molecular complexity index is 925. The lowest BCUT2D eigenvalue weighted by Gasteiger charge is -2.33. The Balaban J connectivity index is 1.31. The number of rotatable bonds is 5. The summed E-state index contributed by atoms with van der Waals surface area (Å²) in [5, 5.41) is 14.5. The fourth-order valence-corrected chi connectivity index (χ4v) is 3.80. The van der Waals surface area contributed by atoms with Gasteiger partial charge >= 0.3 is 6.03 Å². The highest BCUT2D eigenvalue weighted by atomic mass is 16.2. The maximum absolute atomic E-state index is 12.5. The predicted molar refractivity (Wildman–Crippen MR) is 108 cm³/mol. The van der Waals surface area contributed by atoms with Crippen LogP contribution in [0.5, 0.6) is 0 Å². The van der Waals surface area contributed by atoms with Crippen LogP contribution >= 0.6 is 0 Å². The number of hydrogen-bond acceptors (Lipinski definition) is 4. The normalized spacial score (nSPS) is 18.7. The SMILES string of the molecule is CC(NC(=O)NC1CCCN(Cc2ccccc2)C1)c1nnc2ccccn12. The highest BCUT2D eigenvalue weighted by Crippen LogP contribution is 2.15. The number of aromatic nitrogens is 3. The molecule has 3 heterocycles. The van der Waals surface area contributed by atoms with Crippen LogP contribution in [0.1, 0.15) is 37.2 Å². The Kier molecular flexibility index (Phi) is 5.53. The minimum absolute atomic E-state index is 0.153. The van der Waals surface area contributed by atoms with E-state index in [2.05, 4.69) is 50.0 Å². The van der Waals surface area contributed by atoms with Gasteiger partial charge in [0.25, 0.3) is 0 Å². The number of fused-ring (bicyclic) bond motifs is 1. The van der Waals surface area contributed by atoms with Gasteiger partial charge in [-0.3, -0.25) is 9.30 Å². The molecule has 7 heteroatoms. The maximum atomic E-state index is 12.5. The topological polar surface area (TPSA) is 74.6 Å². The van der Waals surface area contributed by atoms with Gasteiger partial charge in [-0.1, -0.05) is 36.4 Å². The molecular weight excluding hydrogens is 352 g/mol. The van der Waals surface area contributed by atoms with Gasteiger partial charge in [0.1, 0.15) is 0 Å². The van der Waals surface area contributed by atoms with Crippen molar-refractivity contribution >= 4 is 11.7 Å². The van der Waals surface area contributed by atoms with E-state index < -0.39 is 0 Å². The first-order chi connectivity index (χ1) is 13.7. The van der Waals surface area contributed by atoms with Crippen LogP contribution in [0.15, 0.2) is 54.7 Å². The monoisotopic (exact) mass is 378 g/mol. The second kappa shape index (κ2) is 8.39. The molecule has 1 saturated heterocycles. The van der Waals surface area contributed by atoms with Gasteiger partial charge in [-0.25, -0.2) is 4.79 Å². The fraction of sp³-hybridized carbons (Fsp3) is 0.381. The van der Waals surface area contributed by atoms with E-state index in [0.29, 0.717) is 0 Å². The summed E-state index contributed by atoms with van der Waals surface area (Å²) >= 11 is 0. The second-order valence-corrected chi connectivity index (χ2v) is 7.39. The number of carbonyl (C=O) groups is 1. The van der Waals surface area contributed by atoms with E-state index in [4.69, 9.17) is 0 Å². The molecule has 2 aromatic heterocycles. The van der Waals surface area contributed by atoms with E-state index in [9.17, 15) is 4.79 Å². The summed E-state index contributed by atoms with van der Waals surface area (Å²) < 4.78 is 1.90. The summed E-state index contributed by atoms with van der Waals surface area (Å²) in [5.41, 5.74) is 2.08. The van der Waals surface area contributed by atoms with E-state index >= 15 is 0 Å². The Morgan fingerprint density at radius 2 is 2.00 bits per heavy atom. The average Bonchev–Trinajstić information content (AvgIpc) is 3.13. The summed E-state index contributed by atoms with van der Waals surface area (Å²) in [7, 11) is 0. The number of nitrogens with one attached hydrogen (secondary N) is 2. The van der Waals surface area contributed by atoms with Crippen molar-refractivity contribution in [3.05, 3.63) is 66.1 Å². The molecule has 3 aromatic rings. The van der Waals surface area contributed by atoms with Crippen LogP contribution in [0.3, 0.4) is 0 Å². The summed E-state index contributed by atoms with van der Waals surface area (Å²) in [6.07, 6.45) is 3.99. The molecule has 2 unspecified atom stereocenters. The predicted octanol–water partition coefficient (Wildman–Crippen LogP) is 2.75. The number of piperidine rings is 1. The summed E-state index contributed by atoms with van der Waals surface area (Å²) in [5.74, 6) is 0.722. The number of likely N-dealkylation sites (tertiary alicyclic amines) is 1. The van der Waals surface area contributed by atoms with Crippen molar-refractivity contribution in [3.8, 4) is 0 Å². The first-order valence-electron chi connectivity index (χ1n) is 9.82. The molecule has 7 nitrogen and oxygen atoms in total. The molecule has 1 aromatic carbocycles. The van der Waals surface area contributed by atoms with Gasteiger partial charge in [-0.2, -0.15) is 0 Å². The quantitative estimate of drug-likeness (QED) is 0.716. The van der Waals surface area contributed by atoms with Gasteiger partial charge in [0.2, 0.25) is 0 Å². The largest absolute Gasteiger partial charge is 0.334 e. The molecule has 0 radical (unpaired) electrons. The van der Waals surface area contributed by atoms with Crippen molar-refractivity contribution in [1.82, 2.24) is 30.1 Å². The number of hydrogen-bond donors (Lipinski definition) is 2. The van der Waals surface area contributed by atoms with E-state index in [-0.39, 0.29) is 18.1 Å². The van der Waals surface area contributed by atoms with E-state index in [1.807, 2.05) is 41.8 Å². The molecule has 0 bridgehead atoms. The molecule has 0 aliphatic carbocycles. The molecule has 0 spiro atoms. The molecule has 4 rings (SSSR count). The molecular formula is C21H26N6O. The van der Waals surface area contributed by atoms with Crippen LogP contribution in [0, 0.1) is 0 Å². The smallest absolute Gasteiger partial charge is 0.315 e. The lowest BCUT2D eigenvalue weighted by molar-refractivity contribution is 0.179. The molecule has 1 aliphatic heterocycles. The molecule has 1 fully saturated rings. The van der Waals surface area contributed by atoms with Crippen LogP contribution in [-0.2, 0) is 6.54 Å². The van der Waals surface area contributed by atoms with Crippen molar-refractivity contribution in [2.24, 2.45) is 0 Å². The summed E-state index contributed by atoms with van der Waals surface area (Å²) in [4.78, 5) is 14.9. The third-order valence-electron chi connectivity index (χ3n) is 5.16. The molecule has 2 atom stereocenters. The Morgan fingerprint density at radius 3 is 2.86 bits per heavy atom. The summed E-state index contributed by atoms with van der Waals surface area (Å²) in [6.45, 7) is 4.77. The van der Waals surface area contributed by atoms with Crippen molar-refractivity contribution in [2.45, 2.75) is 38.4 Å². The van der Waals surface area contributed by atoms with E-state index in [0.717, 1.165) is 43.9 Å². The first-order valence-corrected chi connectivity index (χ1v) is 9.82. The molecule has 146 valence electrons. The van der Waals surface area contributed by atoms with E-state index in [1.54, 1.807) is 0 Å². The lowest BCUT2D eigenvalue weighted by atomic mass is 10.0. The number of pyridine rings is 1. The van der Waals surface area contributed by atoms with E-state index in [1.165, 1.54) is 5.56 Å². The van der Waals surface area contributed by atoms with Gasteiger partial charge in [0, 0.05) is 25.3 Å². The molecule has 2 amide bonds.